The second-order valence-electron chi connectivity index (χ2n) is 5.20. The molecule has 0 saturated carbocycles. The average molecular weight is 435 g/mol. The van der Waals surface area contributed by atoms with Gasteiger partial charge in [0.15, 0.2) is 0 Å². The summed E-state index contributed by atoms with van der Waals surface area (Å²) >= 11 is 4.98. The lowest BCUT2D eigenvalue weighted by molar-refractivity contribution is -0.118. The van der Waals surface area contributed by atoms with Crippen LogP contribution in [0.4, 0.5) is 0 Å². The van der Waals surface area contributed by atoms with Crippen molar-refractivity contribution in [1.82, 2.24) is 5.43 Å². The van der Waals surface area contributed by atoms with Gasteiger partial charge in [-0.2, -0.15) is 5.10 Å². The SMILES string of the molecule is C=CCOc1ccc(/C=N\NC(=O)CSCc2ccccc2Br)c(O)c1. The number of ether oxygens (including phenoxy) is 1. The zero-order valence-corrected chi connectivity index (χ0v) is 16.4. The van der Waals surface area contributed by atoms with E-state index in [0.717, 1.165) is 15.8 Å². The van der Waals surface area contributed by atoms with E-state index in [1.807, 2.05) is 24.3 Å². The highest BCUT2D eigenvalue weighted by Crippen LogP contribution is 2.22. The fourth-order valence-corrected chi connectivity index (χ4v) is 3.39. The summed E-state index contributed by atoms with van der Waals surface area (Å²) in [5.74, 6) is 1.37. The highest BCUT2D eigenvalue weighted by molar-refractivity contribution is 9.10. The van der Waals surface area contributed by atoms with Crippen molar-refractivity contribution in [2.24, 2.45) is 5.10 Å². The molecule has 2 N–H and O–H groups in total. The third-order valence-electron chi connectivity index (χ3n) is 3.21. The molecule has 5 nitrogen and oxygen atoms in total. The number of hydrogen-bond donors (Lipinski definition) is 2. The van der Waals surface area contributed by atoms with Crippen molar-refractivity contribution < 1.29 is 14.6 Å². The number of hydrazone groups is 1. The lowest BCUT2D eigenvalue weighted by atomic mass is 10.2. The van der Waals surface area contributed by atoms with Gasteiger partial charge in [0.2, 0.25) is 5.91 Å². The molecule has 0 bridgehead atoms. The first-order valence-corrected chi connectivity index (χ1v) is 9.74. The van der Waals surface area contributed by atoms with Gasteiger partial charge in [-0.1, -0.05) is 46.8 Å². The standard InChI is InChI=1S/C19H19BrN2O3S/c1-2-9-25-16-8-7-14(18(23)10-16)11-21-22-19(24)13-26-12-15-5-3-4-6-17(15)20/h2-8,10-11,23H,1,9,12-13H2,(H,22,24)/b21-11-. The average Bonchev–Trinajstić information content (AvgIpc) is 2.63. The number of benzene rings is 2. The first-order valence-electron chi connectivity index (χ1n) is 7.80. The predicted molar refractivity (Wildman–Crippen MR) is 110 cm³/mol. The fourth-order valence-electron chi connectivity index (χ4n) is 1.95. The van der Waals surface area contributed by atoms with Crippen LogP contribution in [0.3, 0.4) is 0 Å². The molecule has 0 saturated heterocycles. The van der Waals surface area contributed by atoms with Crippen LogP contribution in [0.1, 0.15) is 11.1 Å². The lowest BCUT2D eigenvalue weighted by Crippen LogP contribution is -2.19. The minimum atomic E-state index is -0.205. The Morgan fingerprint density at radius 2 is 2.15 bits per heavy atom. The fraction of sp³-hybridized carbons (Fsp3) is 0.158. The molecule has 1 amide bonds. The summed E-state index contributed by atoms with van der Waals surface area (Å²) in [7, 11) is 0. The van der Waals surface area contributed by atoms with Gasteiger partial charge in [0, 0.05) is 21.9 Å². The zero-order chi connectivity index (χ0) is 18.8. The van der Waals surface area contributed by atoms with E-state index in [0.29, 0.717) is 23.7 Å². The van der Waals surface area contributed by atoms with Crippen LogP contribution in [0.5, 0.6) is 11.5 Å². The van der Waals surface area contributed by atoms with Gasteiger partial charge in [0.1, 0.15) is 18.1 Å². The Hall–Kier alpha value is -2.25. The number of carbonyl (C=O) groups is 1. The van der Waals surface area contributed by atoms with Crippen LogP contribution in [-0.2, 0) is 10.5 Å². The summed E-state index contributed by atoms with van der Waals surface area (Å²) in [5, 5.41) is 13.8. The van der Waals surface area contributed by atoms with Gasteiger partial charge in [-0.3, -0.25) is 4.79 Å². The molecule has 0 aliphatic heterocycles. The minimum Gasteiger partial charge on any atom is -0.507 e. The van der Waals surface area contributed by atoms with Crippen molar-refractivity contribution in [1.29, 1.82) is 0 Å². The summed E-state index contributed by atoms with van der Waals surface area (Å²) in [6, 6.07) is 12.8. The number of amides is 1. The Labute approximate surface area is 165 Å². The first kappa shape index (κ1) is 20.1. The number of nitrogens with zero attached hydrogens (tertiary/aromatic N) is 1. The number of carbonyl (C=O) groups excluding carboxylic acids is 1. The van der Waals surface area contributed by atoms with Gasteiger partial charge >= 0.3 is 0 Å². The number of thioether (sulfide) groups is 1. The lowest BCUT2D eigenvalue weighted by Gasteiger charge is -2.05. The molecule has 0 atom stereocenters. The van der Waals surface area contributed by atoms with Crippen molar-refractivity contribution in [2.45, 2.75) is 5.75 Å². The Kier molecular flexibility index (Phi) is 8.24. The van der Waals surface area contributed by atoms with Gasteiger partial charge in [0.25, 0.3) is 0 Å². The molecule has 0 aromatic heterocycles. The maximum Gasteiger partial charge on any atom is 0.250 e. The summed E-state index contributed by atoms with van der Waals surface area (Å²) in [5.41, 5.74) is 4.07. The molecule has 0 heterocycles. The van der Waals surface area contributed by atoms with Crippen LogP contribution in [0, 0.1) is 0 Å². The van der Waals surface area contributed by atoms with Crippen molar-refractivity contribution in [3.05, 3.63) is 70.7 Å². The second kappa shape index (κ2) is 10.7. The van der Waals surface area contributed by atoms with Crippen molar-refractivity contribution in [3.63, 3.8) is 0 Å². The van der Waals surface area contributed by atoms with Gasteiger partial charge in [-0.05, 0) is 23.8 Å². The summed E-state index contributed by atoms with van der Waals surface area (Å²) < 4.78 is 6.35. The molecule has 0 unspecified atom stereocenters. The number of halogens is 1. The molecule has 0 fully saturated rings. The number of phenols is 1. The molecule has 7 heteroatoms. The highest BCUT2D eigenvalue weighted by atomic mass is 79.9. The predicted octanol–water partition coefficient (Wildman–Crippen LogP) is 4.10. The number of phenolic OH excluding ortho intramolecular Hbond substituents is 1. The van der Waals surface area contributed by atoms with Crippen LogP contribution in [0.15, 0.2) is 64.7 Å². The van der Waals surface area contributed by atoms with E-state index in [2.05, 4.69) is 33.0 Å². The Morgan fingerprint density at radius 1 is 1.35 bits per heavy atom. The molecule has 0 radical (unpaired) electrons. The number of rotatable bonds is 9. The molecule has 0 aliphatic carbocycles. The number of nitrogens with one attached hydrogen (secondary N) is 1. The smallest absolute Gasteiger partial charge is 0.250 e. The van der Waals surface area contributed by atoms with Crippen molar-refractivity contribution in [2.75, 3.05) is 12.4 Å². The van der Waals surface area contributed by atoms with Crippen LogP contribution in [-0.4, -0.2) is 29.6 Å². The molecule has 2 aromatic rings. The van der Waals surface area contributed by atoms with E-state index in [9.17, 15) is 9.90 Å². The zero-order valence-electron chi connectivity index (χ0n) is 14.0. The Bertz CT molecular complexity index is 796. The third-order valence-corrected chi connectivity index (χ3v) is 4.97. The molecule has 136 valence electrons. The van der Waals surface area contributed by atoms with E-state index in [-0.39, 0.29) is 11.7 Å². The van der Waals surface area contributed by atoms with Crippen molar-refractivity contribution >= 4 is 39.8 Å². The highest BCUT2D eigenvalue weighted by Gasteiger charge is 2.04. The van der Waals surface area contributed by atoms with E-state index in [1.165, 1.54) is 24.0 Å². The molecule has 0 aliphatic rings. The molecule has 26 heavy (non-hydrogen) atoms. The largest absolute Gasteiger partial charge is 0.507 e. The molecular weight excluding hydrogens is 416 g/mol. The molecule has 0 spiro atoms. The van der Waals surface area contributed by atoms with Gasteiger partial charge in [-0.15, -0.1) is 11.8 Å². The van der Waals surface area contributed by atoms with Crippen molar-refractivity contribution in [3.8, 4) is 11.5 Å². The normalized spacial score (nSPS) is 10.7. The summed E-state index contributed by atoms with van der Waals surface area (Å²) in [6.45, 7) is 3.92. The Balaban J connectivity index is 1.77. The molecular formula is C19H19BrN2O3S. The second-order valence-corrected chi connectivity index (χ2v) is 7.04. The minimum absolute atomic E-state index is 0.0212. The van der Waals surface area contributed by atoms with Crippen LogP contribution >= 0.6 is 27.7 Å². The Morgan fingerprint density at radius 3 is 2.88 bits per heavy atom. The van der Waals surface area contributed by atoms with E-state index in [1.54, 1.807) is 18.2 Å². The van der Waals surface area contributed by atoms with E-state index >= 15 is 0 Å². The monoisotopic (exact) mass is 434 g/mol. The first-order chi connectivity index (χ1) is 12.6. The van der Waals surface area contributed by atoms with E-state index < -0.39 is 0 Å². The summed E-state index contributed by atoms with van der Waals surface area (Å²) in [6.07, 6.45) is 3.01. The van der Waals surface area contributed by atoms with E-state index in [4.69, 9.17) is 4.74 Å². The number of hydrogen-bond acceptors (Lipinski definition) is 5. The summed E-state index contributed by atoms with van der Waals surface area (Å²) in [4.78, 5) is 11.8. The molecule has 2 aromatic carbocycles. The quantitative estimate of drug-likeness (QED) is 0.354. The van der Waals surface area contributed by atoms with Gasteiger partial charge < -0.3 is 9.84 Å². The molecule has 2 rings (SSSR count). The van der Waals surface area contributed by atoms with Crippen LogP contribution < -0.4 is 10.2 Å². The topological polar surface area (TPSA) is 70.9 Å². The maximum absolute atomic E-state index is 11.8. The van der Waals surface area contributed by atoms with Gasteiger partial charge in [-0.25, -0.2) is 5.43 Å². The van der Waals surface area contributed by atoms with Crippen LogP contribution in [0.2, 0.25) is 0 Å². The van der Waals surface area contributed by atoms with Crippen LogP contribution in [0.25, 0.3) is 0 Å². The van der Waals surface area contributed by atoms with Gasteiger partial charge in [0.05, 0.1) is 12.0 Å². The number of aromatic hydroxyl groups is 1. The third kappa shape index (κ3) is 6.57. The maximum atomic E-state index is 11.8.